The first kappa shape index (κ1) is 16.6. The van der Waals surface area contributed by atoms with Crippen molar-refractivity contribution in [2.24, 2.45) is 11.3 Å². The summed E-state index contributed by atoms with van der Waals surface area (Å²) < 4.78 is 5.19. The van der Waals surface area contributed by atoms with Crippen molar-refractivity contribution in [2.45, 2.75) is 64.2 Å². The van der Waals surface area contributed by atoms with Crippen LogP contribution in [0.15, 0.2) is 23.0 Å². The molecule has 25 heavy (non-hydrogen) atoms. The molecule has 134 valence electrons. The van der Waals surface area contributed by atoms with E-state index in [-0.39, 0.29) is 5.56 Å². The van der Waals surface area contributed by atoms with E-state index in [2.05, 4.69) is 9.97 Å². The molecule has 1 heterocycles. The summed E-state index contributed by atoms with van der Waals surface area (Å²) >= 11 is 0. The fourth-order valence-electron chi connectivity index (χ4n) is 4.51. The third-order valence-corrected chi connectivity index (χ3v) is 6.26. The van der Waals surface area contributed by atoms with E-state index in [0.29, 0.717) is 5.69 Å². The molecule has 0 aliphatic heterocycles. The van der Waals surface area contributed by atoms with E-state index in [1.807, 2.05) is 18.2 Å². The van der Waals surface area contributed by atoms with Gasteiger partial charge in [-0.05, 0) is 68.4 Å². The maximum atomic E-state index is 12.2. The predicted octanol–water partition coefficient (Wildman–Crippen LogP) is 4.61. The van der Waals surface area contributed by atoms with Crippen LogP contribution in [0.3, 0.4) is 0 Å². The number of aromatic amines is 1. The summed E-state index contributed by atoms with van der Waals surface area (Å²) in [5.74, 6) is 1.71. The van der Waals surface area contributed by atoms with Crippen molar-refractivity contribution < 1.29 is 4.74 Å². The van der Waals surface area contributed by atoms with Gasteiger partial charge >= 0.3 is 0 Å². The van der Waals surface area contributed by atoms with Crippen LogP contribution in [0.1, 0.15) is 63.5 Å². The number of aryl methyl sites for hydroxylation is 1. The van der Waals surface area contributed by atoms with Gasteiger partial charge in [-0.2, -0.15) is 0 Å². The van der Waals surface area contributed by atoms with Gasteiger partial charge in [-0.15, -0.1) is 0 Å². The molecule has 4 rings (SSSR count). The summed E-state index contributed by atoms with van der Waals surface area (Å²) in [4.78, 5) is 19.7. The lowest BCUT2D eigenvalue weighted by atomic mass is 9.97. The first-order valence-electron chi connectivity index (χ1n) is 9.74. The Morgan fingerprint density at radius 3 is 2.88 bits per heavy atom. The summed E-state index contributed by atoms with van der Waals surface area (Å²) in [6.07, 6.45) is 13.1. The summed E-state index contributed by atoms with van der Waals surface area (Å²) in [7, 11) is 1.62. The predicted molar refractivity (Wildman–Crippen MR) is 100 cm³/mol. The molecule has 1 aromatic carbocycles. The van der Waals surface area contributed by atoms with E-state index in [1.54, 1.807) is 7.11 Å². The summed E-state index contributed by atoms with van der Waals surface area (Å²) in [5, 5.41) is 0. The van der Waals surface area contributed by atoms with Gasteiger partial charge in [0.1, 0.15) is 11.4 Å². The molecular formula is C21H28N2O2. The highest BCUT2D eigenvalue weighted by molar-refractivity contribution is 5.75. The number of hydrogen-bond donors (Lipinski definition) is 1. The van der Waals surface area contributed by atoms with Crippen LogP contribution in [0.25, 0.3) is 11.0 Å². The summed E-state index contributed by atoms with van der Waals surface area (Å²) in [6, 6.07) is 5.61. The molecule has 0 amide bonds. The number of fused-ring (bicyclic) bond motifs is 1. The molecule has 2 aliphatic carbocycles. The summed E-state index contributed by atoms with van der Waals surface area (Å²) in [5.41, 5.74) is 2.97. The smallest absolute Gasteiger partial charge is 0.270 e. The van der Waals surface area contributed by atoms with Crippen LogP contribution >= 0.6 is 0 Å². The normalized spacial score (nSPS) is 21.1. The standard InChI is InChI=1S/C21H28N2O2/c1-25-16-7-8-17-19(13-16)23-20(24)18(22-17)6-4-2-3-5-15-9-10-21(14-15)11-12-21/h7-8,13,15H,2-6,9-12,14H2,1H3,(H,23,24)/t15-/m0/s1. The lowest BCUT2D eigenvalue weighted by Crippen LogP contribution is -2.15. The van der Waals surface area contributed by atoms with E-state index >= 15 is 0 Å². The van der Waals surface area contributed by atoms with Gasteiger partial charge in [0.05, 0.1) is 18.1 Å². The molecule has 1 spiro atoms. The van der Waals surface area contributed by atoms with Crippen molar-refractivity contribution in [3.8, 4) is 5.75 Å². The van der Waals surface area contributed by atoms with E-state index in [0.717, 1.165) is 41.0 Å². The number of nitrogens with one attached hydrogen (secondary N) is 1. The highest BCUT2D eigenvalue weighted by Crippen LogP contribution is 2.60. The quantitative estimate of drug-likeness (QED) is 0.749. The van der Waals surface area contributed by atoms with Crippen LogP contribution in [-0.2, 0) is 6.42 Å². The van der Waals surface area contributed by atoms with Crippen molar-refractivity contribution in [1.29, 1.82) is 0 Å². The van der Waals surface area contributed by atoms with Crippen molar-refractivity contribution in [2.75, 3.05) is 7.11 Å². The maximum Gasteiger partial charge on any atom is 0.270 e. The van der Waals surface area contributed by atoms with Crippen molar-refractivity contribution >= 4 is 11.0 Å². The molecule has 0 unspecified atom stereocenters. The van der Waals surface area contributed by atoms with Crippen molar-refractivity contribution in [3.63, 3.8) is 0 Å². The van der Waals surface area contributed by atoms with E-state index < -0.39 is 0 Å². The average molecular weight is 340 g/mol. The Hall–Kier alpha value is -1.84. The Bertz CT molecular complexity index is 807. The van der Waals surface area contributed by atoms with Crippen LogP contribution in [0.2, 0.25) is 0 Å². The minimum Gasteiger partial charge on any atom is -0.497 e. The Kier molecular flexibility index (Phi) is 4.53. The fourth-order valence-corrected chi connectivity index (χ4v) is 4.51. The van der Waals surface area contributed by atoms with Gasteiger partial charge < -0.3 is 9.72 Å². The van der Waals surface area contributed by atoms with Crippen LogP contribution in [0.4, 0.5) is 0 Å². The number of rotatable bonds is 7. The third kappa shape index (κ3) is 3.73. The van der Waals surface area contributed by atoms with Gasteiger partial charge in [0.15, 0.2) is 0 Å². The molecule has 2 aliphatic rings. The molecule has 2 fully saturated rings. The van der Waals surface area contributed by atoms with Crippen molar-refractivity contribution in [3.05, 3.63) is 34.2 Å². The van der Waals surface area contributed by atoms with Crippen LogP contribution in [-0.4, -0.2) is 17.1 Å². The lowest BCUT2D eigenvalue weighted by molar-refractivity contribution is 0.415. The number of hydrogen-bond acceptors (Lipinski definition) is 3. The van der Waals surface area contributed by atoms with Crippen LogP contribution in [0, 0.1) is 11.3 Å². The number of H-pyrrole nitrogens is 1. The Balaban J connectivity index is 1.27. The first-order valence-corrected chi connectivity index (χ1v) is 9.74. The molecule has 4 nitrogen and oxygen atoms in total. The lowest BCUT2D eigenvalue weighted by Gasteiger charge is -2.09. The molecule has 1 aromatic heterocycles. The zero-order chi connectivity index (χ0) is 17.3. The molecule has 1 N–H and O–H groups in total. The Morgan fingerprint density at radius 1 is 1.24 bits per heavy atom. The molecule has 2 saturated carbocycles. The third-order valence-electron chi connectivity index (χ3n) is 6.26. The minimum atomic E-state index is -0.0628. The van der Waals surface area contributed by atoms with Gasteiger partial charge in [0.25, 0.3) is 5.56 Å². The Morgan fingerprint density at radius 2 is 2.12 bits per heavy atom. The molecule has 0 bridgehead atoms. The van der Waals surface area contributed by atoms with Gasteiger partial charge in [-0.3, -0.25) is 4.79 Å². The number of nitrogens with zero attached hydrogens (tertiary/aromatic N) is 1. The highest BCUT2D eigenvalue weighted by Gasteiger charge is 2.47. The molecule has 0 saturated heterocycles. The monoisotopic (exact) mass is 340 g/mol. The molecule has 0 radical (unpaired) electrons. The van der Waals surface area contributed by atoms with Gasteiger partial charge in [-0.1, -0.05) is 19.3 Å². The van der Waals surface area contributed by atoms with Crippen LogP contribution in [0.5, 0.6) is 5.75 Å². The number of benzene rings is 1. The van der Waals surface area contributed by atoms with E-state index in [9.17, 15) is 4.79 Å². The number of aromatic nitrogens is 2. The average Bonchev–Trinajstić information content (AvgIpc) is 3.25. The number of methoxy groups -OCH3 is 1. The zero-order valence-corrected chi connectivity index (χ0v) is 15.1. The number of ether oxygens (including phenoxy) is 1. The highest BCUT2D eigenvalue weighted by atomic mass is 16.5. The summed E-state index contributed by atoms with van der Waals surface area (Å²) in [6.45, 7) is 0. The van der Waals surface area contributed by atoms with E-state index in [1.165, 1.54) is 51.4 Å². The van der Waals surface area contributed by atoms with Gasteiger partial charge in [0, 0.05) is 6.07 Å². The molecule has 2 aromatic rings. The molecular weight excluding hydrogens is 312 g/mol. The van der Waals surface area contributed by atoms with E-state index in [4.69, 9.17) is 4.74 Å². The fraction of sp³-hybridized carbons (Fsp3) is 0.619. The number of unbranched alkanes of at least 4 members (excludes halogenated alkanes) is 2. The second-order valence-corrected chi connectivity index (χ2v) is 8.10. The van der Waals surface area contributed by atoms with Gasteiger partial charge in [-0.25, -0.2) is 4.98 Å². The molecule has 4 heteroatoms. The topological polar surface area (TPSA) is 55.0 Å². The largest absolute Gasteiger partial charge is 0.497 e. The van der Waals surface area contributed by atoms with Crippen LogP contribution < -0.4 is 10.3 Å². The first-order chi connectivity index (χ1) is 12.2. The molecule has 1 atom stereocenters. The second kappa shape index (κ2) is 6.81. The SMILES string of the molecule is COc1ccc2nc(CCCCC[C@H]3CCC4(CC4)C3)c(=O)[nH]c2c1. The zero-order valence-electron chi connectivity index (χ0n) is 15.1. The Labute approximate surface area is 149 Å². The second-order valence-electron chi connectivity index (χ2n) is 8.10. The van der Waals surface area contributed by atoms with Gasteiger partial charge in [0.2, 0.25) is 0 Å². The maximum absolute atomic E-state index is 12.2. The minimum absolute atomic E-state index is 0.0628. The van der Waals surface area contributed by atoms with Crippen molar-refractivity contribution in [1.82, 2.24) is 9.97 Å².